The number of hydrogen-bond acceptors (Lipinski definition) is 3. The van der Waals surface area contributed by atoms with E-state index in [0.717, 1.165) is 26.1 Å². The Morgan fingerprint density at radius 3 is 2.88 bits per heavy atom. The predicted molar refractivity (Wildman–Crippen MR) is 60.1 cm³/mol. The van der Waals surface area contributed by atoms with Gasteiger partial charge in [-0.3, -0.25) is 9.59 Å². The van der Waals surface area contributed by atoms with Crippen LogP contribution in [-0.2, 0) is 9.59 Å². The quantitative estimate of drug-likeness (QED) is 0.686. The van der Waals surface area contributed by atoms with Gasteiger partial charge in [-0.2, -0.15) is 0 Å². The van der Waals surface area contributed by atoms with Crippen LogP contribution in [0.2, 0.25) is 0 Å². The Bertz CT molecular complexity index is 256. The lowest BCUT2D eigenvalue weighted by Gasteiger charge is -2.16. The number of nitrogens with zero attached hydrogens (tertiary/aromatic N) is 1. The topological polar surface area (TPSA) is 69.6 Å². The maximum absolute atomic E-state index is 11.6. The molecule has 5 nitrogen and oxygen atoms in total. The fraction of sp³-hybridized carbons (Fsp3) is 0.818. The third kappa shape index (κ3) is 4.18. The van der Waals surface area contributed by atoms with E-state index in [9.17, 15) is 9.59 Å². The molecule has 1 atom stereocenters. The summed E-state index contributed by atoms with van der Waals surface area (Å²) in [7, 11) is 0. The van der Waals surface area contributed by atoms with Crippen molar-refractivity contribution < 1.29 is 14.7 Å². The first-order valence-corrected chi connectivity index (χ1v) is 5.83. The number of amides is 1. The molecule has 1 rings (SSSR count). The lowest BCUT2D eigenvalue weighted by atomic mass is 10.0. The van der Waals surface area contributed by atoms with Gasteiger partial charge in [0.05, 0.1) is 6.54 Å². The van der Waals surface area contributed by atoms with Gasteiger partial charge < -0.3 is 15.3 Å². The van der Waals surface area contributed by atoms with Gasteiger partial charge in [-0.25, -0.2) is 0 Å². The number of nitrogens with one attached hydrogen (secondary N) is 1. The number of hydrogen-bond donors (Lipinski definition) is 2. The van der Waals surface area contributed by atoms with Gasteiger partial charge in [-0.1, -0.05) is 6.92 Å². The zero-order valence-corrected chi connectivity index (χ0v) is 9.74. The lowest BCUT2D eigenvalue weighted by molar-refractivity contribution is -0.137. The first kappa shape index (κ1) is 13.0. The van der Waals surface area contributed by atoms with Crippen molar-refractivity contribution in [3.8, 4) is 0 Å². The van der Waals surface area contributed by atoms with Gasteiger partial charge in [-0.15, -0.1) is 0 Å². The highest BCUT2D eigenvalue weighted by Gasteiger charge is 2.25. The molecule has 0 aromatic carbocycles. The summed E-state index contributed by atoms with van der Waals surface area (Å²) < 4.78 is 0. The van der Waals surface area contributed by atoms with Crippen LogP contribution in [0.5, 0.6) is 0 Å². The average molecular weight is 228 g/mol. The molecule has 92 valence electrons. The number of carboxylic acid groups (broad SMARTS) is 1. The highest BCUT2D eigenvalue weighted by atomic mass is 16.4. The van der Waals surface area contributed by atoms with Crippen molar-refractivity contribution in [2.45, 2.75) is 26.2 Å². The highest BCUT2D eigenvalue weighted by Crippen LogP contribution is 2.20. The number of rotatable bonds is 6. The highest BCUT2D eigenvalue weighted by molar-refractivity contribution is 5.78. The van der Waals surface area contributed by atoms with E-state index in [4.69, 9.17) is 5.11 Å². The summed E-state index contributed by atoms with van der Waals surface area (Å²) in [5.41, 5.74) is 0. The molecule has 1 saturated heterocycles. The Kier molecular flexibility index (Phi) is 5.25. The van der Waals surface area contributed by atoms with Crippen LogP contribution in [0.25, 0.3) is 0 Å². The van der Waals surface area contributed by atoms with E-state index < -0.39 is 5.97 Å². The largest absolute Gasteiger partial charge is 0.481 e. The molecule has 1 heterocycles. The second kappa shape index (κ2) is 6.48. The van der Waals surface area contributed by atoms with Crippen molar-refractivity contribution in [2.75, 3.05) is 26.2 Å². The Hall–Kier alpha value is -1.10. The number of carbonyl (C=O) groups is 2. The molecular weight excluding hydrogens is 208 g/mol. The SMILES string of the molecule is CCNCC(=O)N1CCC(CCC(=O)O)C1. The third-order valence-electron chi connectivity index (χ3n) is 2.93. The number of carboxylic acids is 1. The smallest absolute Gasteiger partial charge is 0.303 e. The molecular formula is C11H20N2O3. The number of aliphatic carboxylic acids is 1. The van der Waals surface area contributed by atoms with Gasteiger partial charge in [0, 0.05) is 19.5 Å². The Labute approximate surface area is 95.8 Å². The monoisotopic (exact) mass is 228 g/mol. The molecule has 0 saturated carbocycles. The number of likely N-dealkylation sites (tertiary alicyclic amines) is 1. The first-order valence-electron chi connectivity index (χ1n) is 5.83. The van der Waals surface area contributed by atoms with Crippen LogP contribution < -0.4 is 5.32 Å². The van der Waals surface area contributed by atoms with Gasteiger partial charge in [0.25, 0.3) is 0 Å². The van der Waals surface area contributed by atoms with Crippen molar-refractivity contribution in [3.05, 3.63) is 0 Å². The summed E-state index contributed by atoms with van der Waals surface area (Å²) in [6.45, 7) is 4.64. The van der Waals surface area contributed by atoms with E-state index in [1.165, 1.54) is 0 Å². The summed E-state index contributed by atoms with van der Waals surface area (Å²) in [6.07, 6.45) is 1.82. The molecule has 1 aliphatic heterocycles. The second-order valence-electron chi connectivity index (χ2n) is 4.21. The fourth-order valence-corrected chi connectivity index (χ4v) is 1.97. The van der Waals surface area contributed by atoms with Crippen LogP contribution in [0.3, 0.4) is 0 Å². The van der Waals surface area contributed by atoms with Crippen molar-refractivity contribution in [1.29, 1.82) is 0 Å². The third-order valence-corrected chi connectivity index (χ3v) is 2.93. The summed E-state index contributed by atoms with van der Waals surface area (Å²) >= 11 is 0. The summed E-state index contributed by atoms with van der Waals surface area (Å²) in [5.74, 6) is -0.265. The van der Waals surface area contributed by atoms with Crippen LogP contribution in [-0.4, -0.2) is 48.1 Å². The van der Waals surface area contributed by atoms with E-state index >= 15 is 0 Å². The summed E-state index contributed by atoms with van der Waals surface area (Å²) in [6, 6.07) is 0. The fourth-order valence-electron chi connectivity index (χ4n) is 1.97. The first-order chi connectivity index (χ1) is 7.63. The van der Waals surface area contributed by atoms with E-state index in [2.05, 4.69) is 5.32 Å². The molecule has 0 spiro atoms. The maximum Gasteiger partial charge on any atom is 0.303 e. The molecule has 0 radical (unpaired) electrons. The van der Waals surface area contributed by atoms with Gasteiger partial charge >= 0.3 is 5.97 Å². The van der Waals surface area contributed by atoms with Crippen LogP contribution in [0, 0.1) is 5.92 Å². The number of carbonyl (C=O) groups excluding carboxylic acids is 1. The van der Waals surface area contributed by atoms with Crippen LogP contribution >= 0.6 is 0 Å². The summed E-state index contributed by atoms with van der Waals surface area (Å²) in [5, 5.41) is 11.6. The van der Waals surface area contributed by atoms with Gasteiger partial charge in [-0.05, 0) is 25.3 Å². The van der Waals surface area contributed by atoms with Crippen molar-refractivity contribution >= 4 is 11.9 Å². The lowest BCUT2D eigenvalue weighted by Crippen LogP contribution is -2.36. The van der Waals surface area contributed by atoms with Crippen molar-refractivity contribution in [3.63, 3.8) is 0 Å². The van der Waals surface area contributed by atoms with Gasteiger partial charge in [0.15, 0.2) is 0 Å². The van der Waals surface area contributed by atoms with E-state index in [0.29, 0.717) is 18.9 Å². The molecule has 0 aliphatic carbocycles. The molecule has 2 N–H and O–H groups in total. The van der Waals surface area contributed by atoms with Gasteiger partial charge in [0.2, 0.25) is 5.91 Å². The van der Waals surface area contributed by atoms with Crippen LogP contribution in [0.15, 0.2) is 0 Å². The van der Waals surface area contributed by atoms with Gasteiger partial charge in [0.1, 0.15) is 0 Å². The Morgan fingerprint density at radius 2 is 2.25 bits per heavy atom. The zero-order chi connectivity index (χ0) is 12.0. The van der Waals surface area contributed by atoms with Crippen LogP contribution in [0.4, 0.5) is 0 Å². The molecule has 1 aliphatic rings. The zero-order valence-electron chi connectivity index (χ0n) is 9.74. The van der Waals surface area contributed by atoms with E-state index in [-0.39, 0.29) is 12.3 Å². The molecule has 1 amide bonds. The minimum atomic E-state index is -0.752. The molecule has 0 bridgehead atoms. The molecule has 1 fully saturated rings. The molecule has 5 heteroatoms. The molecule has 16 heavy (non-hydrogen) atoms. The van der Waals surface area contributed by atoms with E-state index in [1.807, 2.05) is 11.8 Å². The summed E-state index contributed by atoms with van der Waals surface area (Å²) in [4.78, 5) is 23.9. The molecule has 0 aromatic rings. The Balaban J connectivity index is 2.23. The van der Waals surface area contributed by atoms with Crippen molar-refractivity contribution in [2.24, 2.45) is 5.92 Å². The molecule has 0 aromatic heterocycles. The minimum Gasteiger partial charge on any atom is -0.481 e. The van der Waals surface area contributed by atoms with Crippen molar-refractivity contribution in [1.82, 2.24) is 10.2 Å². The Morgan fingerprint density at radius 1 is 1.50 bits per heavy atom. The number of likely N-dealkylation sites (N-methyl/N-ethyl adjacent to an activating group) is 1. The van der Waals surface area contributed by atoms with E-state index in [1.54, 1.807) is 0 Å². The standard InChI is InChI=1S/C11H20N2O3/c1-2-12-7-10(14)13-6-5-9(8-13)3-4-11(15)16/h9,12H,2-8H2,1H3,(H,15,16). The second-order valence-corrected chi connectivity index (χ2v) is 4.21. The minimum absolute atomic E-state index is 0.125. The predicted octanol–water partition coefficient (Wildman–Crippen LogP) is 0.309. The average Bonchev–Trinajstić information content (AvgIpc) is 2.71. The van der Waals surface area contributed by atoms with Crippen LogP contribution in [0.1, 0.15) is 26.2 Å². The molecule has 1 unspecified atom stereocenters. The normalized spacial score (nSPS) is 20.1. The maximum atomic E-state index is 11.6.